The van der Waals surface area contributed by atoms with Gasteiger partial charge in [-0.05, 0) is 54.1 Å². The third-order valence-electron chi connectivity index (χ3n) is 6.52. The van der Waals surface area contributed by atoms with Crippen LogP contribution < -0.4 is 9.47 Å². The summed E-state index contributed by atoms with van der Waals surface area (Å²) >= 11 is 6.08. The van der Waals surface area contributed by atoms with Crippen LogP contribution in [0.25, 0.3) is 0 Å². The molecule has 1 aromatic heterocycles. The van der Waals surface area contributed by atoms with E-state index >= 15 is 0 Å². The van der Waals surface area contributed by atoms with Crippen molar-refractivity contribution in [2.45, 2.75) is 26.6 Å². The number of hydrogen-bond acceptors (Lipinski definition) is 6. The van der Waals surface area contributed by atoms with Gasteiger partial charge in [-0.1, -0.05) is 36.7 Å². The third kappa shape index (κ3) is 5.81. The molecule has 1 fully saturated rings. The number of likely N-dealkylation sites (N-methyl/N-ethyl adjacent to an activating group) is 1. The Bertz CT molecular complexity index is 1160. The van der Waals surface area contributed by atoms with E-state index in [0.717, 1.165) is 61.1 Å². The number of carbonyl (C=O) groups is 1. The van der Waals surface area contributed by atoms with Crippen LogP contribution >= 0.6 is 11.6 Å². The average Bonchev–Trinajstić information content (AvgIpc) is 3.54. The predicted molar refractivity (Wildman–Crippen MR) is 134 cm³/mol. The van der Waals surface area contributed by atoms with Crippen molar-refractivity contribution < 1.29 is 18.7 Å². The van der Waals surface area contributed by atoms with Crippen LogP contribution in [0.5, 0.6) is 11.5 Å². The molecule has 0 radical (unpaired) electrons. The van der Waals surface area contributed by atoms with E-state index in [1.807, 2.05) is 47.4 Å². The average molecular weight is 496 g/mol. The summed E-state index contributed by atoms with van der Waals surface area (Å²) in [6, 6.07) is 17.6. The fourth-order valence-electron chi connectivity index (χ4n) is 4.53. The molecule has 0 bridgehead atoms. The number of rotatable bonds is 8. The van der Waals surface area contributed by atoms with Gasteiger partial charge in [0.05, 0.1) is 6.54 Å². The molecule has 0 aliphatic carbocycles. The van der Waals surface area contributed by atoms with Crippen molar-refractivity contribution in [3.05, 3.63) is 82.3 Å². The molecule has 1 amide bonds. The zero-order chi connectivity index (χ0) is 24.2. The highest BCUT2D eigenvalue weighted by Gasteiger charge is 2.24. The van der Waals surface area contributed by atoms with Crippen LogP contribution in [0.1, 0.15) is 34.4 Å². The van der Waals surface area contributed by atoms with Crippen molar-refractivity contribution in [1.82, 2.24) is 14.7 Å². The summed E-state index contributed by atoms with van der Waals surface area (Å²) in [6.45, 7) is 8.63. The normalized spacial score (nSPS) is 15.7. The Morgan fingerprint density at radius 2 is 1.60 bits per heavy atom. The minimum absolute atomic E-state index is 0.0352. The quantitative estimate of drug-likeness (QED) is 0.453. The van der Waals surface area contributed by atoms with Crippen molar-refractivity contribution in [1.29, 1.82) is 0 Å². The maximum Gasteiger partial charge on any atom is 0.289 e. The molecule has 184 valence electrons. The molecule has 0 saturated carbocycles. The molecule has 8 heteroatoms. The fourth-order valence-corrected chi connectivity index (χ4v) is 4.66. The van der Waals surface area contributed by atoms with Gasteiger partial charge in [0.15, 0.2) is 17.3 Å². The monoisotopic (exact) mass is 495 g/mol. The molecule has 35 heavy (non-hydrogen) atoms. The molecule has 2 aromatic carbocycles. The number of carbonyl (C=O) groups excluding carboxylic acids is 1. The van der Waals surface area contributed by atoms with Gasteiger partial charge in [0.25, 0.3) is 5.91 Å². The Balaban J connectivity index is 1.29. The van der Waals surface area contributed by atoms with Gasteiger partial charge in [-0.3, -0.25) is 9.69 Å². The van der Waals surface area contributed by atoms with Crippen molar-refractivity contribution in [3.63, 3.8) is 0 Å². The lowest BCUT2D eigenvalue weighted by Gasteiger charge is -2.33. The summed E-state index contributed by atoms with van der Waals surface area (Å²) in [5.74, 6) is 2.66. The minimum atomic E-state index is -0.0352. The summed E-state index contributed by atoms with van der Waals surface area (Å²) in [6.07, 6.45) is 0. The van der Waals surface area contributed by atoms with Crippen LogP contribution in [0.4, 0.5) is 0 Å². The second-order valence-electron chi connectivity index (χ2n) is 8.95. The second kappa shape index (κ2) is 10.7. The molecule has 0 unspecified atom stereocenters. The molecular formula is C27H30ClN3O4. The van der Waals surface area contributed by atoms with Gasteiger partial charge in [0.2, 0.25) is 6.79 Å². The third-order valence-corrected chi connectivity index (χ3v) is 6.77. The Hall–Kier alpha value is -3.00. The largest absolute Gasteiger partial charge is 0.455 e. The summed E-state index contributed by atoms with van der Waals surface area (Å²) in [7, 11) is 0. The molecule has 5 rings (SSSR count). The molecule has 1 saturated heterocycles. The van der Waals surface area contributed by atoms with Crippen LogP contribution in [0.15, 0.2) is 59.0 Å². The number of hydrogen-bond donors (Lipinski definition) is 0. The molecular weight excluding hydrogens is 466 g/mol. The topological polar surface area (TPSA) is 58.4 Å². The Morgan fingerprint density at radius 3 is 2.37 bits per heavy atom. The number of ether oxygens (including phenoxy) is 2. The van der Waals surface area contributed by atoms with Gasteiger partial charge < -0.3 is 23.7 Å². The lowest BCUT2D eigenvalue weighted by Crippen LogP contribution is -2.48. The van der Waals surface area contributed by atoms with Crippen molar-refractivity contribution >= 4 is 17.5 Å². The molecule has 3 heterocycles. The maximum atomic E-state index is 13.0. The first-order valence-electron chi connectivity index (χ1n) is 12.0. The standard InChI is InChI=1S/C27H30ClN3O4/c1-2-29-11-13-31(14-12-29)27(32)25-10-8-23(35-25)18-30(16-20-3-6-22(28)7-4-20)17-21-5-9-24-26(15-21)34-19-33-24/h3-10,15H,2,11-14,16-19H2,1H3. The molecule has 7 nitrogen and oxygen atoms in total. The number of halogens is 1. The maximum absolute atomic E-state index is 13.0. The predicted octanol–water partition coefficient (Wildman–Crippen LogP) is 4.64. The number of benzene rings is 2. The number of piperazine rings is 1. The number of furan rings is 1. The Kier molecular flexibility index (Phi) is 7.27. The van der Waals surface area contributed by atoms with Crippen LogP contribution in [0, 0.1) is 0 Å². The van der Waals surface area contributed by atoms with Gasteiger partial charge >= 0.3 is 0 Å². The van der Waals surface area contributed by atoms with Crippen LogP contribution in [0.3, 0.4) is 0 Å². The van der Waals surface area contributed by atoms with Gasteiger partial charge in [0.1, 0.15) is 5.76 Å². The highest BCUT2D eigenvalue weighted by molar-refractivity contribution is 6.30. The molecule has 0 atom stereocenters. The van der Waals surface area contributed by atoms with E-state index in [4.69, 9.17) is 25.5 Å². The van der Waals surface area contributed by atoms with Gasteiger partial charge in [0, 0.05) is 44.3 Å². The highest BCUT2D eigenvalue weighted by Crippen LogP contribution is 2.33. The van der Waals surface area contributed by atoms with E-state index in [-0.39, 0.29) is 12.7 Å². The minimum Gasteiger partial charge on any atom is -0.455 e. The number of fused-ring (bicyclic) bond motifs is 1. The van der Waals surface area contributed by atoms with Crippen molar-refractivity contribution in [2.24, 2.45) is 0 Å². The zero-order valence-electron chi connectivity index (χ0n) is 19.9. The number of amides is 1. The van der Waals surface area contributed by atoms with Gasteiger partial charge in [-0.15, -0.1) is 0 Å². The second-order valence-corrected chi connectivity index (χ2v) is 9.39. The Labute approximate surface area is 210 Å². The SMILES string of the molecule is CCN1CCN(C(=O)c2ccc(CN(Cc3ccc(Cl)cc3)Cc3ccc4c(c3)OCO4)o2)CC1. The summed E-state index contributed by atoms with van der Waals surface area (Å²) < 4.78 is 17.0. The van der Waals surface area contributed by atoms with Gasteiger partial charge in [-0.25, -0.2) is 0 Å². The molecule has 0 spiro atoms. The van der Waals surface area contributed by atoms with Crippen LogP contribution in [0.2, 0.25) is 5.02 Å². The van der Waals surface area contributed by atoms with Crippen molar-refractivity contribution in [3.8, 4) is 11.5 Å². The molecule has 2 aliphatic rings. The highest BCUT2D eigenvalue weighted by atomic mass is 35.5. The lowest BCUT2D eigenvalue weighted by atomic mass is 10.1. The van der Waals surface area contributed by atoms with E-state index in [0.29, 0.717) is 30.4 Å². The van der Waals surface area contributed by atoms with E-state index < -0.39 is 0 Å². The molecule has 3 aromatic rings. The van der Waals surface area contributed by atoms with E-state index in [9.17, 15) is 4.79 Å². The van der Waals surface area contributed by atoms with Crippen molar-refractivity contribution in [2.75, 3.05) is 39.5 Å². The first kappa shape index (κ1) is 23.7. The van der Waals surface area contributed by atoms with E-state index in [1.165, 1.54) is 0 Å². The summed E-state index contributed by atoms with van der Waals surface area (Å²) in [5, 5.41) is 0.713. The Morgan fingerprint density at radius 1 is 0.886 bits per heavy atom. The number of nitrogens with zero attached hydrogens (tertiary/aromatic N) is 3. The van der Waals surface area contributed by atoms with Crippen LogP contribution in [-0.4, -0.2) is 60.1 Å². The molecule has 0 N–H and O–H groups in total. The summed E-state index contributed by atoms with van der Waals surface area (Å²) in [5.41, 5.74) is 2.26. The molecule has 2 aliphatic heterocycles. The first-order chi connectivity index (χ1) is 17.1. The fraction of sp³-hybridized carbons (Fsp3) is 0.370. The van der Waals surface area contributed by atoms with Crippen LogP contribution in [-0.2, 0) is 19.6 Å². The lowest BCUT2D eigenvalue weighted by molar-refractivity contribution is 0.0608. The van der Waals surface area contributed by atoms with Gasteiger partial charge in [-0.2, -0.15) is 0 Å². The first-order valence-corrected chi connectivity index (χ1v) is 12.4. The summed E-state index contributed by atoms with van der Waals surface area (Å²) in [4.78, 5) is 19.5. The van der Waals surface area contributed by atoms with E-state index in [2.05, 4.69) is 22.8 Å². The van der Waals surface area contributed by atoms with E-state index in [1.54, 1.807) is 6.07 Å². The smallest absolute Gasteiger partial charge is 0.289 e. The zero-order valence-corrected chi connectivity index (χ0v) is 20.7.